The van der Waals surface area contributed by atoms with Crippen LogP contribution in [-0.4, -0.2) is 19.0 Å². The molecule has 0 radical (unpaired) electrons. The van der Waals surface area contributed by atoms with Crippen molar-refractivity contribution in [1.82, 2.24) is 5.32 Å². The molecule has 0 unspecified atom stereocenters. The largest absolute Gasteiger partial charge is 1.00 e. The van der Waals surface area contributed by atoms with E-state index in [0.717, 1.165) is 13.0 Å². The van der Waals surface area contributed by atoms with Crippen LogP contribution in [0, 0.1) is 0 Å². The molecule has 156 valence electrons. The Labute approximate surface area is 185 Å². The third kappa shape index (κ3) is 5.38. The van der Waals surface area contributed by atoms with Crippen molar-refractivity contribution in [2.24, 2.45) is 0 Å². The molecule has 4 heteroatoms. The van der Waals surface area contributed by atoms with Crippen molar-refractivity contribution >= 4 is 5.91 Å². The lowest BCUT2D eigenvalue weighted by Crippen LogP contribution is -3.00. The van der Waals surface area contributed by atoms with Crippen LogP contribution in [0.4, 0.5) is 0 Å². The van der Waals surface area contributed by atoms with E-state index >= 15 is 0 Å². The molecule has 3 N–H and O–H groups in total. The zero-order chi connectivity index (χ0) is 20.5. The van der Waals surface area contributed by atoms with Crippen LogP contribution in [0.2, 0.25) is 0 Å². The van der Waals surface area contributed by atoms with Gasteiger partial charge in [0.2, 0.25) is 5.91 Å². The van der Waals surface area contributed by atoms with E-state index in [1.54, 1.807) is 6.92 Å². The van der Waals surface area contributed by atoms with Gasteiger partial charge in [-0.1, -0.05) is 97.6 Å². The van der Waals surface area contributed by atoms with Crippen molar-refractivity contribution in [1.29, 1.82) is 0 Å². The topological polar surface area (TPSA) is 45.7 Å². The van der Waals surface area contributed by atoms with Crippen molar-refractivity contribution < 1.29 is 22.5 Å². The maximum Gasteiger partial charge on any atom is 0.246 e. The first-order valence-electron chi connectivity index (χ1n) is 10.1. The highest BCUT2D eigenvalue weighted by Crippen LogP contribution is 2.32. The molecule has 3 rings (SSSR count). The van der Waals surface area contributed by atoms with E-state index in [1.807, 2.05) is 0 Å². The van der Waals surface area contributed by atoms with Crippen molar-refractivity contribution in [2.45, 2.75) is 18.9 Å². The number of amides is 1. The molecule has 3 aromatic rings. The van der Waals surface area contributed by atoms with Crippen LogP contribution in [0.5, 0.6) is 0 Å². The Kier molecular flexibility index (Phi) is 8.85. The average molecular weight is 421 g/mol. The van der Waals surface area contributed by atoms with Crippen LogP contribution in [0.1, 0.15) is 30.0 Å². The molecule has 0 saturated heterocycles. The molecule has 30 heavy (non-hydrogen) atoms. The Hall–Kier alpha value is -2.88. The van der Waals surface area contributed by atoms with Crippen LogP contribution in [0.15, 0.2) is 103 Å². The lowest BCUT2D eigenvalue weighted by Gasteiger charge is -2.33. The normalized spacial score (nSPS) is 10.7. The molecule has 0 heterocycles. The van der Waals surface area contributed by atoms with Crippen LogP contribution < -0.4 is 23.0 Å². The molecular weight excluding hydrogens is 392 g/mol. The predicted molar refractivity (Wildman–Crippen MR) is 118 cm³/mol. The molecule has 0 aliphatic rings. The molecule has 3 nitrogen and oxygen atoms in total. The fourth-order valence-electron chi connectivity index (χ4n) is 3.73. The van der Waals surface area contributed by atoms with E-state index in [0.29, 0.717) is 12.1 Å². The van der Waals surface area contributed by atoms with Crippen LogP contribution in [-0.2, 0) is 10.3 Å². The number of nitrogens with two attached hydrogens (primary N) is 1. The summed E-state index contributed by atoms with van der Waals surface area (Å²) >= 11 is 0. The highest BCUT2D eigenvalue weighted by molar-refractivity contribution is 5.91. The number of nitrogens with one attached hydrogen (secondary N) is 1. The molecule has 0 saturated carbocycles. The van der Waals surface area contributed by atoms with E-state index in [4.69, 9.17) is 0 Å². The summed E-state index contributed by atoms with van der Waals surface area (Å²) in [5, 5.41) is 5.32. The van der Waals surface area contributed by atoms with Gasteiger partial charge in [-0.2, -0.15) is 0 Å². The Morgan fingerprint density at radius 2 is 1.23 bits per heavy atom. The Balaban J connectivity index is 0.00000320. The van der Waals surface area contributed by atoms with Gasteiger partial charge in [0.25, 0.3) is 0 Å². The molecule has 0 aliphatic carbocycles. The minimum atomic E-state index is -0.345. The smallest absolute Gasteiger partial charge is 0.246 e. The van der Waals surface area contributed by atoms with E-state index in [2.05, 4.69) is 108 Å². The molecule has 0 spiro atoms. The first kappa shape index (κ1) is 23.4. The average Bonchev–Trinajstić information content (AvgIpc) is 2.78. The molecule has 3 aromatic carbocycles. The van der Waals surface area contributed by atoms with Gasteiger partial charge in [0.05, 0.1) is 6.54 Å². The second-order valence-electron chi connectivity index (χ2n) is 7.29. The highest BCUT2D eigenvalue weighted by atomic mass is 35.5. The number of rotatable bonds is 9. The number of carbonyl (C=O) groups excluding carboxylic acids is 1. The minimum Gasteiger partial charge on any atom is -1.00 e. The summed E-state index contributed by atoms with van der Waals surface area (Å²) in [5.41, 5.74) is 3.92. The Morgan fingerprint density at radius 3 is 1.60 bits per heavy atom. The van der Waals surface area contributed by atoms with Crippen LogP contribution >= 0.6 is 0 Å². The van der Waals surface area contributed by atoms with Crippen LogP contribution in [0.25, 0.3) is 0 Å². The first-order valence-corrected chi connectivity index (χ1v) is 10.1. The first-order chi connectivity index (χ1) is 14.1. The number of halogens is 1. The fraction of sp³-hybridized carbons (Fsp3) is 0.192. The number of hydrogen-bond donors (Lipinski definition) is 2. The molecule has 1 amide bonds. The van der Waals surface area contributed by atoms with Crippen molar-refractivity contribution in [3.05, 3.63) is 120 Å². The van der Waals surface area contributed by atoms with E-state index in [-0.39, 0.29) is 23.9 Å². The number of hydrogen-bond acceptors (Lipinski definition) is 1. The molecule has 0 aliphatic heterocycles. The molecular formula is C26H29ClN2O. The second-order valence-corrected chi connectivity index (χ2v) is 7.29. The third-order valence-corrected chi connectivity index (χ3v) is 5.19. The predicted octanol–water partition coefficient (Wildman–Crippen LogP) is 0.628. The number of quaternary nitrogens is 1. The van der Waals surface area contributed by atoms with Gasteiger partial charge >= 0.3 is 0 Å². The maximum atomic E-state index is 11.7. The summed E-state index contributed by atoms with van der Waals surface area (Å²) in [7, 11) is 0. The summed E-state index contributed by atoms with van der Waals surface area (Å²) in [6.45, 7) is 6.93. The zero-order valence-corrected chi connectivity index (χ0v) is 18.1. The molecule has 0 atom stereocenters. The van der Waals surface area contributed by atoms with Gasteiger partial charge in [0, 0.05) is 35.2 Å². The standard InChI is InChI=1S/C26H28N2O.ClH/c1-21(2)25(29)27-19-12-20-28-26(22-13-6-3-7-14-22,23-15-8-4-9-16-23)24-17-10-5-11-18-24;/h3-11,13-18,28H,1,12,19-20H2,2H3,(H,27,29);1H. The summed E-state index contributed by atoms with van der Waals surface area (Å²) in [5.74, 6) is -0.0783. The van der Waals surface area contributed by atoms with Gasteiger partial charge in [0.1, 0.15) is 0 Å². The van der Waals surface area contributed by atoms with Crippen LogP contribution in [0.3, 0.4) is 0 Å². The number of carbonyl (C=O) groups is 1. The minimum absolute atomic E-state index is 0. The summed E-state index contributed by atoms with van der Waals surface area (Å²) in [6.07, 6.45) is 0.868. The van der Waals surface area contributed by atoms with Crippen molar-refractivity contribution in [3.8, 4) is 0 Å². The lowest BCUT2D eigenvalue weighted by molar-refractivity contribution is -0.716. The van der Waals surface area contributed by atoms with Gasteiger partial charge in [0.15, 0.2) is 5.54 Å². The Morgan fingerprint density at radius 1 is 0.833 bits per heavy atom. The van der Waals surface area contributed by atoms with Crippen molar-refractivity contribution in [2.75, 3.05) is 13.1 Å². The maximum absolute atomic E-state index is 11.7. The lowest BCUT2D eigenvalue weighted by atomic mass is 9.77. The van der Waals surface area contributed by atoms with Gasteiger partial charge in [-0.05, 0) is 6.92 Å². The molecule has 0 aromatic heterocycles. The Bertz CT molecular complexity index is 830. The SMILES string of the molecule is C=C(C)C(=O)NCCC[NH2+]C(c1ccccc1)(c1ccccc1)c1ccccc1.[Cl-]. The zero-order valence-electron chi connectivity index (χ0n) is 17.4. The summed E-state index contributed by atoms with van der Waals surface area (Å²) in [4.78, 5) is 11.7. The van der Waals surface area contributed by atoms with Gasteiger partial charge < -0.3 is 23.0 Å². The van der Waals surface area contributed by atoms with E-state index in [1.165, 1.54) is 16.7 Å². The van der Waals surface area contributed by atoms with Gasteiger partial charge in [-0.25, -0.2) is 0 Å². The molecule has 0 bridgehead atoms. The van der Waals surface area contributed by atoms with Gasteiger partial charge in [-0.15, -0.1) is 0 Å². The quantitative estimate of drug-likeness (QED) is 0.298. The molecule has 0 fully saturated rings. The van der Waals surface area contributed by atoms with Gasteiger partial charge in [-0.3, -0.25) is 4.79 Å². The monoisotopic (exact) mass is 420 g/mol. The number of benzene rings is 3. The fourth-order valence-corrected chi connectivity index (χ4v) is 3.73. The third-order valence-electron chi connectivity index (χ3n) is 5.19. The highest BCUT2D eigenvalue weighted by Gasteiger charge is 2.39. The van der Waals surface area contributed by atoms with E-state index < -0.39 is 0 Å². The van der Waals surface area contributed by atoms with Crippen molar-refractivity contribution in [3.63, 3.8) is 0 Å². The van der Waals surface area contributed by atoms with E-state index in [9.17, 15) is 4.79 Å². The second kappa shape index (κ2) is 11.3. The summed E-state index contributed by atoms with van der Waals surface area (Å²) in [6, 6.07) is 31.9. The summed E-state index contributed by atoms with van der Waals surface area (Å²) < 4.78 is 0.